The number of hydrogen-bond acceptors (Lipinski definition) is 2. The largest absolute Gasteiger partial charge is 0.446 e. The van der Waals surface area contributed by atoms with Crippen LogP contribution in [-0.4, -0.2) is 9.58 Å². The third-order valence-corrected chi connectivity index (χ3v) is 0.904. The number of rotatable bonds is 2. The third-order valence-electron chi connectivity index (χ3n) is 0.684. The summed E-state index contributed by atoms with van der Waals surface area (Å²) < 4.78 is 4.51. The summed E-state index contributed by atoms with van der Waals surface area (Å²) in [4.78, 5) is 10.8. The molecule has 0 rings (SSSR count). The number of carbonyl (C=O) groups excluding carboxylic acids is 1. The summed E-state index contributed by atoms with van der Waals surface area (Å²) in [5.74, 6) is -0.334. The van der Waals surface area contributed by atoms with Gasteiger partial charge in [-0.25, -0.2) is 4.79 Å². The summed E-state index contributed by atoms with van der Waals surface area (Å²) in [5, 5.41) is 0. The van der Waals surface area contributed by atoms with Gasteiger partial charge in [0.25, 0.3) is 0 Å². The lowest BCUT2D eigenvalue weighted by Crippen LogP contribution is -2.20. The van der Waals surface area contributed by atoms with E-state index in [4.69, 9.17) is 4.74 Å². The Balaban J connectivity index is 3.93. The first kappa shape index (κ1) is 9.94. The summed E-state index contributed by atoms with van der Waals surface area (Å²) in [6.45, 7) is 8.72. The second-order valence-electron chi connectivity index (χ2n) is 2.53. The number of esters is 1. The Morgan fingerprint density at radius 1 is 1.60 bits per heavy atom. The van der Waals surface area contributed by atoms with Crippen LogP contribution >= 0.6 is 22.6 Å². The first-order valence-corrected chi connectivity index (χ1v) is 3.98. The minimum absolute atomic E-state index is 0.334. The maximum Gasteiger partial charge on any atom is 0.334 e. The molecule has 0 aliphatic rings. The normalized spacial score (nSPS) is 10.8. The van der Waals surface area contributed by atoms with Crippen LogP contribution in [0.25, 0.3) is 0 Å². The van der Waals surface area contributed by atoms with Crippen molar-refractivity contribution in [3.63, 3.8) is 0 Å². The molecule has 0 unspecified atom stereocenters. The van der Waals surface area contributed by atoms with Gasteiger partial charge in [0.1, 0.15) is 0 Å². The average molecular weight is 254 g/mol. The maximum absolute atomic E-state index is 10.8. The van der Waals surface area contributed by atoms with E-state index < -0.39 is 3.61 Å². The van der Waals surface area contributed by atoms with Gasteiger partial charge in [-0.1, -0.05) is 6.58 Å². The topological polar surface area (TPSA) is 26.3 Å². The van der Waals surface area contributed by atoms with Crippen molar-refractivity contribution in [1.29, 1.82) is 0 Å². The Morgan fingerprint density at radius 2 is 2.00 bits per heavy atom. The molecule has 10 heavy (non-hydrogen) atoms. The summed E-state index contributed by atoms with van der Waals surface area (Å²) in [6, 6.07) is 0. The van der Waals surface area contributed by atoms with E-state index in [0.29, 0.717) is 5.57 Å². The number of ether oxygens (including phenoxy) is 1. The lowest BCUT2D eigenvalue weighted by Gasteiger charge is -2.16. The van der Waals surface area contributed by atoms with Gasteiger partial charge in [0.05, 0.1) is 0 Å². The second kappa shape index (κ2) is 3.37. The Morgan fingerprint density at radius 3 is 2.10 bits per heavy atom. The van der Waals surface area contributed by atoms with E-state index in [1.54, 1.807) is 6.92 Å². The van der Waals surface area contributed by atoms with Crippen molar-refractivity contribution in [1.82, 2.24) is 0 Å². The first-order chi connectivity index (χ1) is 4.33. The summed E-state index contributed by atoms with van der Waals surface area (Å²) in [7, 11) is 0. The van der Waals surface area contributed by atoms with Crippen molar-refractivity contribution >= 4 is 28.6 Å². The number of alkyl halides is 1. The number of halogens is 1. The fraction of sp³-hybridized carbons (Fsp3) is 0.571. The fourth-order valence-electron chi connectivity index (χ4n) is 0.308. The van der Waals surface area contributed by atoms with E-state index in [2.05, 4.69) is 6.58 Å². The molecular formula is C7H11IO2. The zero-order chi connectivity index (χ0) is 8.36. The molecule has 0 N–H and O–H groups in total. The number of hydrogen-bond donors (Lipinski definition) is 0. The van der Waals surface area contributed by atoms with E-state index >= 15 is 0 Å². The minimum Gasteiger partial charge on any atom is -0.446 e. The molecule has 0 aromatic carbocycles. The second-order valence-corrected chi connectivity index (χ2v) is 5.13. The van der Waals surface area contributed by atoms with E-state index in [1.165, 1.54) is 0 Å². The lowest BCUT2D eigenvalue weighted by atomic mass is 10.3. The quantitative estimate of drug-likeness (QED) is 0.327. The number of carbonyl (C=O) groups is 1. The van der Waals surface area contributed by atoms with Gasteiger partial charge < -0.3 is 4.74 Å². The highest BCUT2D eigenvalue weighted by Gasteiger charge is 2.17. The molecule has 0 bridgehead atoms. The molecule has 3 heteroatoms. The Bertz CT molecular complexity index is 155. The van der Waals surface area contributed by atoms with Crippen LogP contribution in [0.1, 0.15) is 20.8 Å². The molecule has 0 saturated heterocycles. The van der Waals surface area contributed by atoms with Crippen molar-refractivity contribution in [2.24, 2.45) is 0 Å². The van der Waals surface area contributed by atoms with Crippen molar-refractivity contribution in [2.45, 2.75) is 24.4 Å². The molecular weight excluding hydrogens is 243 g/mol. The van der Waals surface area contributed by atoms with E-state index in [0.717, 1.165) is 0 Å². The molecule has 0 aliphatic carbocycles. The van der Waals surface area contributed by atoms with Crippen molar-refractivity contribution in [3.8, 4) is 0 Å². The van der Waals surface area contributed by atoms with Crippen LogP contribution in [0.3, 0.4) is 0 Å². The Kier molecular flexibility index (Phi) is 3.35. The molecule has 0 aromatic rings. The van der Waals surface area contributed by atoms with Gasteiger partial charge in [-0.15, -0.1) is 0 Å². The van der Waals surface area contributed by atoms with E-state index in [1.807, 2.05) is 36.4 Å². The zero-order valence-electron chi connectivity index (χ0n) is 6.40. The molecule has 0 aromatic heterocycles. The monoisotopic (exact) mass is 254 g/mol. The summed E-state index contributed by atoms with van der Waals surface area (Å²) >= 11 is 2.04. The molecule has 0 fully saturated rings. The highest BCUT2D eigenvalue weighted by molar-refractivity contribution is 14.1. The summed E-state index contributed by atoms with van der Waals surface area (Å²) in [6.07, 6.45) is 0. The zero-order valence-corrected chi connectivity index (χ0v) is 8.56. The molecule has 58 valence electrons. The Hall–Kier alpha value is -0.0600. The van der Waals surface area contributed by atoms with Gasteiger partial charge in [-0.3, -0.25) is 0 Å². The van der Waals surface area contributed by atoms with Gasteiger partial charge in [-0.05, 0) is 43.4 Å². The highest BCUT2D eigenvalue weighted by atomic mass is 127. The van der Waals surface area contributed by atoms with Crippen LogP contribution in [0.15, 0.2) is 12.2 Å². The lowest BCUT2D eigenvalue weighted by molar-refractivity contribution is -0.143. The van der Waals surface area contributed by atoms with Crippen LogP contribution < -0.4 is 0 Å². The molecule has 2 nitrogen and oxygen atoms in total. The SMILES string of the molecule is C=C(C)C(=O)OC(C)(C)I. The first-order valence-electron chi connectivity index (χ1n) is 2.90. The Labute approximate surface area is 74.8 Å². The van der Waals surface area contributed by atoms with Gasteiger partial charge in [0.15, 0.2) is 3.61 Å². The standard InChI is InChI=1S/C7H11IO2/c1-5(2)6(9)10-7(3,4)8/h1H2,2-4H3. The van der Waals surface area contributed by atoms with Crippen molar-refractivity contribution in [2.75, 3.05) is 0 Å². The van der Waals surface area contributed by atoms with E-state index in [9.17, 15) is 4.79 Å². The molecule has 0 aliphatic heterocycles. The predicted molar refractivity (Wildman–Crippen MR) is 49.0 cm³/mol. The molecule has 0 radical (unpaired) electrons. The smallest absolute Gasteiger partial charge is 0.334 e. The van der Waals surface area contributed by atoms with Crippen molar-refractivity contribution < 1.29 is 9.53 Å². The molecule has 0 spiro atoms. The maximum atomic E-state index is 10.8. The van der Waals surface area contributed by atoms with Gasteiger partial charge in [0, 0.05) is 5.57 Å². The van der Waals surface area contributed by atoms with Gasteiger partial charge in [-0.2, -0.15) is 0 Å². The molecule has 0 saturated carbocycles. The molecule has 0 heterocycles. The van der Waals surface area contributed by atoms with Crippen LogP contribution in [0.5, 0.6) is 0 Å². The van der Waals surface area contributed by atoms with Crippen LogP contribution in [0, 0.1) is 0 Å². The van der Waals surface area contributed by atoms with Gasteiger partial charge >= 0.3 is 5.97 Å². The van der Waals surface area contributed by atoms with Crippen molar-refractivity contribution in [3.05, 3.63) is 12.2 Å². The predicted octanol–water partition coefficient (Wildman–Crippen LogP) is 2.28. The average Bonchev–Trinajstić information content (AvgIpc) is 1.60. The van der Waals surface area contributed by atoms with E-state index in [-0.39, 0.29) is 5.97 Å². The molecule has 0 amide bonds. The highest BCUT2D eigenvalue weighted by Crippen LogP contribution is 2.19. The fourth-order valence-corrected chi connectivity index (χ4v) is 0.508. The molecule has 0 atom stereocenters. The van der Waals surface area contributed by atoms with Gasteiger partial charge in [0.2, 0.25) is 0 Å². The van der Waals surface area contributed by atoms with Crippen LogP contribution in [-0.2, 0) is 9.53 Å². The summed E-state index contributed by atoms with van der Waals surface area (Å²) in [5.41, 5.74) is 0.435. The van der Waals surface area contributed by atoms with Crippen LogP contribution in [0.4, 0.5) is 0 Å². The van der Waals surface area contributed by atoms with Crippen LogP contribution in [0.2, 0.25) is 0 Å². The third kappa shape index (κ3) is 4.78. The minimum atomic E-state index is -0.437.